The van der Waals surface area contributed by atoms with E-state index >= 15 is 0 Å². The van der Waals surface area contributed by atoms with Crippen LogP contribution in [-0.4, -0.2) is 47.5 Å². The average Bonchev–Trinajstić information content (AvgIpc) is 2.61. The van der Waals surface area contributed by atoms with E-state index in [1.54, 1.807) is 0 Å². The zero-order valence-electron chi connectivity index (χ0n) is 15.1. The number of benzene rings is 2. The highest BCUT2D eigenvalue weighted by atomic mass is 16.5. The van der Waals surface area contributed by atoms with Crippen LogP contribution in [0.25, 0.3) is 0 Å². The minimum Gasteiger partial charge on any atom is -0.491 e. The second-order valence-corrected chi connectivity index (χ2v) is 6.60. The Hall–Kier alpha value is -1.88. The van der Waals surface area contributed by atoms with Crippen molar-refractivity contribution >= 4 is 0 Å². The van der Waals surface area contributed by atoms with Crippen LogP contribution < -0.4 is 4.74 Å². The van der Waals surface area contributed by atoms with Gasteiger partial charge >= 0.3 is 0 Å². The van der Waals surface area contributed by atoms with E-state index in [0.717, 1.165) is 16.9 Å². The molecule has 25 heavy (non-hydrogen) atoms. The number of aliphatic hydroxyl groups is 2. The third-order valence-corrected chi connectivity index (χ3v) is 4.11. The normalized spacial score (nSPS) is 12.6. The van der Waals surface area contributed by atoms with Gasteiger partial charge in [0.2, 0.25) is 0 Å². The van der Waals surface area contributed by atoms with Gasteiger partial charge in [0, 0.05) is 19.6 Å². The Morgan fingerprint density at radius 1 is 1.00 bits per heavy atom. The summed E-state index contributed by atoms with van der Waals surface area (Å²) in [4.78, 5) is 2.04. The van der Waals surface area contributed by atoms with Crippen molar-refractivity contribution in [3.63, 3.8) is 0 Å². The molecule has 2 N–H and O–H groups in total. The third-order valence-electron chi connectivity index (χ3n) is 4.11. The molecule has 4 heteroatoms. The Morgan fingerprint density at radius 3 is 2.36 bits per heavy atom. The Labute approximate surface area is 150 Å². The minimum absolute atomic E-state index is 0.0661. The first kappa shape index (κ1) is 19.4. The summed E-state index contributed by atoms with van der Waals surface area (Å²) in [5.41, 5.74) is 2.31. The Bertz CT molecular complexity index is 616. The third kappa shape index (κ3) is 6.50. The molecule has 2 rings (SSSR count). The second-order valence-electron chi connectivity index (χ2n) is 6.60. The van der Waals surface area contributed by atoms with Gasteiger partial charge in [0.05, 0.1) is 6.61 Å². The fourth-order valence-corrected chi connectivity index (χ4v) is 2.84. The molecule has 136 valence electrons. The SMILES string of the molecule is CC(C)c1ccccc1OC[C@H](O)CN(CCO)Cc1ccccc1. The average molecular weight is 343 g/mol. The Morgan fingerprint density at radius 2 is 1.68 bits per heavy atom. The molecule has 0 saturated carbocycles. The van der Waals surface area contributed by atoms with E-state index in [0.29, 0.717) is 25.6 Å². The highest BCUT2D eigenvalue weighted by Gasteiger charge is 2.14. The molecule has 0 unspecified atom stereocenters. The van der Waals surface area contributed by atoms with E-state index in [1.165, 1.54) is 0 Å². The molecule has 0 heterocycles. The van der Waals surface area contributed by atoms with Crippen LogP contribution in [0.2, 0.25) is 0 Å². The zero-order valence-corrected chi connectivity index (χ0v) is 15.1. The number of hydrogen-bond donors (Lipinski definition) is 2. The fraction of sp³-hybridized carbons (Fsp3) is 0.429. The molecule has 0 aliphatic heterocycles. The summed E-state index contributed by atoms with van der Waals surface area (Å²) in [6.07, 6.45) is -0.615. The van der Waals surface area contributed by atoms with Gasteiger partial charge in [0.1, 0.15) is 18.5 Å². The molecule has 0 fully saturated rings. The number of rotatable bonds is 10. The van der Waals surface area contributed by atoms with Gasteiger partial charge in [-0.05, 0) is 23.1 Å². The van der Waals surface area contributed by atoms with Crippen molar-refractivity contribution in [1.29, 1.82) is 0 Å². The lowest BCUT2D eigenvalue weighted by Gasteiger charge is -2.25. The van der Waals surface area contributed by atoms with Gasteiger partial charge in [0.25, 0.3) is 0 Å². The summed E-state index contributed by atoms with van der Waals surface area (Å²) in [5.74, 6) is 1.20. The van der Waals surface area contributed by atoms with E-state index in [9.17, 15) is 10.2 Å². The molecular formula is C21H29NO3. The summed E-state index contributed by atoms with van der Waals surface area (Å²) in [5, 5.41) is 19.6. The van der Waals surface area contributed by atoms with Crippen molar-refractivity contribution in [2.24, 2.45) is 0 Å². The summed E-state index contributed by atoms with van der Waals surface area (Å²) in [6.45, 7) is 6.23. The van der Waals surface area contributed by atoms with Crippen molar-refractivity contribution in [3.05, 3.63) is 65.7 Å². The van der Waals surface area contributed by atoms with E-state index in [-0.39, 0.29) is 13.2 Å². The van der Waals surface area contributed by atoms with Gasteiger partial charge in [-0.2, -0.15) is 0 Å². The van der Waals surface area contributed by atoms with Crippen LogP contribution >= 0.6 is 0 Å². The maximum absolute atomic E-state index is 10.4. The topological polar surface area (TPSA) is 52.9 Å². The molecule has 1 atom stereocenters. The molecule has 0 aliphatic carbocycles. The van der Waals surface area contributed by atoms with Crippen LogP contribution in [0.5, 0.6) is 5.75 Å². The van der Waals surface area contributed by atoms with Crippen molar-refractivity contribution in [2.75, 3.05) is 26.3 Å². The van der Waals surface area contributed by atoms with Crippen LogP contribution in [0.1, 0.15) is 30.9 Å². The first-order chi connectivity index (χ1) is 12.1. The molecule has 0 bridgehead atoms. The Balaban J connectivity index is 1.90. The standard InChI is InChI=1S/C21H29NO3/c1-17(2)20-10-6-7-11-21(20)25-16-19(24)15-22(12-13-23)14-18-8-4-3-5-9-18/h3-11,17,19,23-24H,12-16H2,1-2H3/t19-/m1/s1. The van der Waals surface area contributed by atoms with Crippen molar-refractivity contribution in [2.45, 2.75) is 32.4 Å². The maximum Gasteiger partial charge on any atom is 0.122 e. The summed E-state index contributed by atoms with van der Waals surface area (Å²) in [7, 11) is 0. The van der Waals surface area contributed by atoms with Gasteiger partial charge in [-0.25, -0.2) is 0 Å². The molecule has 0 amide bonds. The fourth-order valence-electron chi connectivity index (χ4n) is 2.84. The lowest BCUT2D eigenvalue weighted by Crippen LogP contribution is -2.37. The van der Waals surface area contributed by atoms with Gasteiger partial charge in [-0.1, -0.05) is 62.4 Å². The van der Waals surface area contributed by atoms with Crippen LogP contribution in [0, 0.1) is 0 Å². The lowest BCUT2D eigenvalue weighted by atomic mass is 10.0. The first-order valence-corrected chi connectivity index (χ1v) is 8.87. The molecule has 4 nitrogen and oxygen atoms in total. The number of hydrogen-bond acceptors (Lipinski definition) is 4. The van der Waals surface area contributed by atoms with E-state index in [4.69, 9.17) is 4.74 Å². The molecule has 0 aliphatic rings. The quantitative estimate of drug-likeness (QED) is 0.696. The molecule has 0 spiro atoms. The maximum atomic E-state index is 10.4. The lowest BCUT2D eigenvalue weighted by molar-refractivity contribution is 0.0586. The molecule has 0 saturated heterocycles. The summed E-state index contributed by atoms with van der Waals surface area (Å²) < 4.78 is 5.85. The molecular weight excluding hydrogens is 314 g/mol. The molecule has 0 radical (unpaired) electrons. The van der Waals surface area contributed by atoms with Crippen LogP contribution in [0.3, 0.4) is 0 Å². The Kier molecular flexibility index (Phi) is 7.92. The largest absolute Gasteiger partial charge is 0.491 e. The predicted molar refractivity (Wildman–Crippen MR) is 101 cm³/mol. The number of ether oxygens (including phenoxy) is 1. The van der Waals surface area contributed by atoms with Crippen LogP contribution in [-0.2, 0) is 6.54 Å². The monoisotopic (exact) mass is 343 g/mol. The molecule has 2 aromatic rings. The van der Waals surface area contributed by atoms with E-state index in [2.05, 4.69) is 19.9 Å². The van der Waals surface area contributed by atoms with Crippen molar-refractivity contribution in [1.82, 2.24) is 4.90 Å². The molecule has 0 aromatic heterocycles. The predicted octanol–water partition coefficient (Wildman–Crippen LogP) is 3.04. The smallest absolute Gasteiger partial charge is 0.122 e. The van der Waals surface area contributed by atoms with Crippen molar-refractivity contribution in [3.8, 4) is 5.75 Å². The van der Waals surface area contributed by atoms with E-state index < -0.39 is 6.10 Å². The van der Waals surface area contributed by atoms with Gasteiger partial charge in [0.15, 0.2) is 0 Å². The number of aliphatic hydroxyl groups excluding tert-OH is 2. The molecule has 2 aromatic carbocycles. The van der Waals surface area contributed by atoms with Gasteiger partial charge in [-0.3, -0.25) is 4.90 Å². The summed E-state index contributed by atoms with van der Waals surface area (Å²) in [6, 6.07) is 18.0. The minimum atomic E-state index is -0.615. The number of para-hydroxylation sites is 1. The highest BCUT2D eigenvalue weighted by molar-refractivity contribution is 5.35. The first-order valence-electron chi connectivity index (χ1n) is 8.87. The van der Waals surface area contributed by atoms with Crippen LogP contribution in [0.15, 0.2) is 54.6 Å². The van der Waals surface area contributed by atoms with Crippen LogP contribution in [0.4, 0.5) is 0 Å². The van der Waals surface area contributed by atoms with Gasteiger partial charge in [-0.15, -0.1) is 0 Å². The zero-order chi connectivity index (χ0) is 18.1. The van der Waals surface area contributed by atoms with E-state index in [1.807, 2.05) is 53.4 Å². The second kappa shape index (κ2) is 10.2. The van der Waals surface area contributed by atoms with Crippen molar-refractivity contribution < 1.29 is 14.9 Å². The summed E-state index contributed by atoms with van der Waals surface area (Å²) >= 11 is 0. The van der Waals surface area contributed by atoms with Gasteiger partial charge < -0.3 is 14.9 Å². The highest BCUT2D eigenvalue weighted by Crippen LogP contribution is 2.25. The number of nitrogens with zero attached hydrogens (tertiary/aromatic N) is 1.